The van der Waals surface area contributed by atoms with Crippen LogP contribution in [0, 0.1) is 11.8 Å². The van der Waals surface area contributed by atoms with E-state index in [4.69, 9.17) is 37.0 Å². The highest BCUT2D eigenvalue weighted by Gasteiger charge is 2.30. The van der Waals surface area contributed by atoms with Gasteiger partial charge >= 0.3 is 39.5 Å². The molecule has 0 fully saturated rings. The molecule has 0 aromatic carbocycles. The first-order valence-corrected chi connectivity index (χ1v) is 46.6. The van der Waals surface area contributed by atoms with E-state index >= 15 is 0 Å². The minimum absolute atomic E-state index is 0.106. The molecule has 0 spiro atoms. The molecule has 103 heavy (non-hydrogen) atoms. The Labute approximate surface area is 632 Å². The van der Waals surface area contributed by atoms with Crippen molar-refractivity contribution in [2.45, 2.75) is 464 Å². The lowest BCUT2D eigenvalue weighted by atomic mass is 9.99. The maximum atomic E-state index is 13.1. The first-order chi connectivity index (χ1) is 49.9. The average molecular weight is 1510 g/mol. The lowest BCUT2D eigenvalue weighted by molar-refractivity contribution is -0.161. The molecule has 0 heterocycles. The van der Waals surface area contributed by atoms with Gasteiger partial charge in [0.2, 0.25) is 0 Å². The molecule has 0 amide bonds. The molecule has 17 nitrogen and oxygen atoms in total. The predicted molar refractivity (Wildman–Crippen MR) is 423 cm³/mol. The summed E-state index contributed by atoms with van der Waals surface area (Å²) in [4.78, 5) is 73.1. The first kappa shape index (κ1) is 101. The zero-order valence-corrected chi connectivity index (χ0v) is 69.4. The molecular weight excluding hydrogens is 1340 g/mol. The summed E-state index contributed by atoms with van der Waals surface area (Å²) in [6, 6.07) is 0. The monoisotopic (exact) mass is 1510 g/mol. The normalized spacial score (nSPS) is 14.4. The van der Waals surface area contributed by atoms with Gasteiger partial charge in [0.05, 0.1) is 26.4 Å². The summed E-state index contributed by atoms with van der Waals surface area (Å²) >= 11 is 0. The Morgan fingerprint density at radius 3 is 0.689 bits per heavy atom. The van der Waals surface area contributed by atoms with E-state index in [0.29, 0.717) is 25.7 Å². The quantitative estimate of drug-likeness (QED) is 0.0222. The Bertz CT molecular complexity index is 1980. The molecule has 0 aromatic rings. The number of unbranched alkanes of at least 4 members (excludes halogenated alkanes) is 51. The molecule has 7 atom stereocenters. The van der Waals surface area contributed by atoms with Crippen molar-refractivity contribution in [3.8, 4) is 0 Å². The smallest absolute Gasteiger partial charge is 0.462 e. The van der Waals surface area contributed by atoms with Crippen molar-refractivity contribution in [1.29, 1.82) is 0 Å². The molecule has 0 aliphatic rings. The molecule has 612 valence electrons. The van der Waals surface area contributed by atoms with Gasteiger partial charge in [-0.05, 0) is 37.5 Å². The molecule has 0 rings (SSSR count). The number of hydrogen-bond acceptors (Lipinski definition) is 15. The zero-order chi connectivity index (χ0) is 75.6. The SMILES string of the molecule is CCCCCCCCCCCCCCCCCCCCCCCCC(=O)O[C@H](COC(=O)CCCCCCCCCCCCCCCCCCC)COP(=O)(O)OC[C@@H](O)COP(=O)(O)OC[C@@H](COC(=O)CCCCCCCCC(C)CC)OC(=O)CCCCCCCCCCCCC(C)CC. The molecule has 0 aliphatic carbocycles. The van der Waals surface area contributed by atoms with Crippen LogP contribution < -0.4 is 0 Å². The second-order valence-electron chi connectivity index (χ2n) is 30.7. The highest BCUT2D eigenvalue weighted by Crippen LogP contribution is 2.45. The van der Waals surface area contributed by atoms with E-state index in [0.717, 1.165) is 108 Å². The standard InChI is InChI=1S/C84H164O17P2/c1-7-11-13-15-17-19-21-23-25-27-28-29-30-31-33-35-37-39-44-48-56-62-68-83(88)100-79(72-94-81(86)66-60-54-47-43-38-36-34-32-26-24-22-20-18-16-14-12-8-2)74-98-102(90,91)96-70-78(85)71-97-103(92,93)99-75-80(73-95-82(87)67-61-55-51-50-53-59-65-77(6)10-4)101-84(89)69-63-57-49-45-41-40-42-46-52-58-64-76(5)9-3/h76-80,85H,7-75H2,1-6H3,(H,90,91)(H,92,93)/t76?,77?,78-,79-,80-/m1/s1. The van der Waals surface area contributed by atoms with Crippen molar-refractivity contribution < 1.29 is 80.2 Å². The number of aliphatic hydroxyl groups excluding tert-OH is 1. The molecule has 0 saturated heterocycles. The van der Waals surface area contributed by atoms with Crippen LogP contribution in [0.15, 0.2) is 0 Å². The Morgan fingerprint density at radius 2 is 0.466 bits per heavy atom. The van der Waals surface area contributed by atoms with E-state index in [9.17, 15) is 43.2 Å². The predicted octanol–water partition coefficient (Wildman–Crippen LogP) is 25.5. The fourth-order valence-electron chi connectivity index (χ4n) is 13.0. The third kappa shape index (κ3) is 75.3. The van der Waals surface area contributed by atoms with Gasteiger partial charge in [-0.25, -0.2) is 9.13 Å². The van der Waals surface area contributed by atoms with E-state index in [1.165, 1.54) is 257 Å². The number of carbonyl (C=O) groups is 4. The maximum absolute atomic E-state index is 13.1. The minimum Gasteiger partial charge on any atom is -0.462 e. The number of hydrogen-bond donors (Lipinski definition) is 3. The Kier molecular flexibility index (Phi) is 74.1. The number of phosphoric ester groups is 2. The van der Waals surface area contributed by atoms with E-state index in [1.54, 1.807) is 0 Å². The van der Waals surface area contributed by atoms with Gasteiger partial charge in [0, 0.05) is 25.7 Å². The average Bonchev–Trinajstić information content (AvgIpc) is 0.912. The Balaban J connectivity index is 5.22. The Morgan fingerprint density at radius 1 is 0.272 bits per heavy atom. The van der Waals surface area contributed by atoms with Gasteiger partial charge in [-0.3, -0.25) is 37.3 Å². The Hall–Kier alpha value is -1.94. The lowest BCUT2D eigenvalue weighted by Crippen LogP contribution is -2.30. The van der Waals surface area contributed by atoms with Crippen LogP contribution in [0.2, 0.25) is 0 Å². The topological polar surface area (TPSA) is 237 Å². The zero-order valence-electron chi connectivity index (χ0n) is 67.6. The minimum atomic E-state index is -4.96. The van der Waals surface area contributed by atoms with Crippen molar-refractivity contribution in [1.82, 2.24) is 0 Å². The van der Waals surface area contributed by atoms with Gasteiger partial charge in [0.1, 0.15) is 19.3 Å². The van der Waals surface area contributed by atoms with Crippen molar-refractivity contribution in [2.75, 3.05) is 39.6 Å². The number of ether oxygens (including phenoxy) is 4. The molecular formula is C84H164O17P2. The highest BCUT2D eigenvalue weighted by atomic mass is 31.2. The summed E-state index contributed by atoms with van der Waals surface area (Å²) < 4.78 is 68.8. The second kappa shape index (κ2) is 75.5. The van der Waals surface area contributed by atoms with Crippen molar-refractivity contribution in [2.24, 2.45) is 11.8 Å². The van der Waals surface area contributed by atoms with E-state index in [-0.39, 0.29) is 25.7 Å². The van der Waals surface area contributed by atoms with E-state index in [1.807, 2.05) is 0 Å². The third-order valence-electron chi connectivity index (χ3n) is 20.4. The van der Waals surface area contributed by atoms with Crippen LogP contribution in [-0.2, 0) is 65.4 Å². The van der Waals surface area contributed by atoms with Gasteiger partial charge < -0.3 is 33.8 Å². The van der Waals surface area contributed by atoms with Crippen LogP contribution in [0.3, 0.4) is 0 Å². The molecule has 3 N–H and O–H groups in total. The van der Waals surface area contributed by atoms with Crippen LogP contribution in [-0.4, -0.2) is 96.7 Å². The largest absolute Gasteiger partial charge is 0.472 e. The van der Waals surface area contributed by atoms with Gasteiger partial charge in [-0.15, -0.1) is 0 Å². The van der Waals surface area contributed by atoms with Gasteiger partial charge in [0.15, 0.2) is 12.2 Å². The maximum Gasteiger partial charge on any atom is 0.472 e. The summed E-state index contributed by atoms with van der Waals surface area (Å²) in [6.07, 6.45) is 66.7. The summed E-state index contributed by atoms with van der Waals surface area (Å²) in [7, 11) is -9.92. The lowest BCUT2D eigenvalue weighted by Gasteiger charge is -2.21. The van der Waals surface area contributed by atoms with Crippen LogP contribution in [0.1, 0.15) is 446 Å². The van der Waals surface area contributed by atoms with Crippen LogP contribution in [0.25, 0.3) is 0 Å². The first-order valence-electron chi connectivity index (χ1n) is 43.6. The molecule has 4 unspecified atom stereocenters. The van der Waals surface area contributed by atoms with Gasteiger partial charge in [-0.1, -0.05) is 395 Å². The number of rotatable bonds is 83. The fraction of sp³-hybridized carbons (Fsp3) is 0.952. The summed E-state index contributed by atoms with van der Waals surface area (Å²) in [5.74, 6) is -0.574. The van der Waals surface area contributed by atoms with Crippen LogP contribution in [0.5, 0.6) is 0 Å². The van der Waals surface area contributed by atoms with Gasteiger partial charge in [-0.2, -0.15) is 0 Å². The molecule has 0 saturated carbocycles. The molecule has 0 bridgehead atoms. The van der Waals surface area contributed by atoms with Crippen molar-refractivity contribution in [3.63, 3.8) is 0 Å². The molecule has 0 radical (unpaired) electrons. The molecule has 19 heteroatoms. The third-order valence-corrected chi connectivity index (χ3v) is 22.3. The van der Waals surface area contributed by atoms with Crippen LogP contribution in [0.4, 0.5) is 0 Å². The number of phosphoric acid groups is 2. The molecule has 0 aromatic heterocycles. The highest BCUT2D eigenvalue weighted by molar-refractivity contribution is 7.47. The summed E-state index contributed by atoms with van der Waals surface area (Å²) in [5.41, 5.74) is 0. The number of carbonyl (C=O) groups excluding carboxylic acids is 4. The number of esters is 4. The van der Waals surface area contributed by atoms with Crippen molar-refractivity contribution in [3.05, 3.63) is 0 Å². The van der Waals surface area contributed by atoms with Gasteiger partial charge in [0.25, 0.3) is 0 Å². The summed E-state index contributed by atoms with van der Waals surface area (Å²) in [5, 5.41) is 10.7. The summed E-state index contributed by atoms with van der Waals surface area (Å²) in [6.45, 7) is 9.63. The fourth-order valence-corrected chi connectivity index (χ4v) is 14.6. The van der Waals surface area contributed by atoms with E-state index < -0.39 is 97.5 Å². The van der Waals surface area contributed by atoms with E-state index in [2.05, 4.69) is 41.5 Å². The number of aliphatic hydroxyl groups is 1. The van der Waals surface area contributed by atoms with Crippen LogP contribution >= 0.6 is 15.6 Å². The molecule has 0 aliphatic heterocycles. The second-order valence-corrected chi connectivity index (χ2v) is 33.6. The van der Waals surface area contributed by atoms with Crippen molar-refractivity contribution >= 4 is 39.5 Å².